The second kappa shape index (κ2) is 8.19. The molecular formula is C21H30ClN3O2. The van der Waals surface area contributed by atoms with E-state index in [0.29, 0.717) is 18.5 Å². The number of hydrogen-bond donors (Lipinski definition) is 1. The molecule has 5 nitrogen and oxygen atoms in total. The smallest absolute Gasteiger partial charge is 0.236 e. The summed E-state index contributed by atoms with van der Waals surface area (Å²) in [6.07, 6.45) is 5.23. The maximum absolute atomic E-state index is 13.1. The average molecular weight is 392 g/mol. The van der Waals surface area contributed by atoms with E-state index >= 15 is 0 Å². The van der Waals surface area contributed by atoms with Gasteiger partial charge in [-0.05, 0) is 50.1 Å². The van der Waals surface area contributed by atoms with Crippen LogP contribution in [0, 0.1) is 5.41 Å². The predicted molar refractivity (Wildman–Crippen MR) is 108 cm³/mol. The predicted octanol–water partition coefficient (Wildman–Crippen LogP) is 2.41. The summed E-state index contributed by atoms with van der Waals surface area (Å²) < 4.78 is 0. The molecule has 148 valence electrons. The molecule has 0 radical (unpaired) electrons. The quantitative estimate of drug-likeness (QED) is 0.857. The number of piperidine rings is 2. The number of amides is 2. The van der Waals surface area contributed by atoms with Crippen molar-refractivity contribution < 1.29 is 9.59 Å². The van der Waals surface area contributed by atoms with Gasteiger partial charge < -0.3 is 15.1 Å². The minimum Gasteiger partial charge on any atom is -0.342 e. The van der Waals surface area contributed by atoms with Crippen molar-refractivity contribution in [3.8, 4) is 0 Å². The molecular weight excluding hydrogens is 362 g/mol. The summed E-state index contributed by atoms with van der Waals surface area (Å²) in [4.78, 5) is 29.5. The second-order valence-corrected chi connectivity index (χ2v) is 8.28. The lowest BCUT2D eigenvalue weighted by molar-refractivity contribution is -0.145. The Bertz CT molecular complexity index is 669. The molecule has 4 rings (SSSR count). The number of nitrogens with one attached hydrogen (secondary N) is 1. The minimum atomic E-state index is -0.0230. The van der Waals surface area contributed by atoms with Crippen molar-refractivity contribution in [3.05, 3.63) is 35.9 Å². The van der Waals surface area contributed by atoms with Gasteiger partial charge in [0.2, 0.25) is 11.8 Å². The third-order valence-electron chi connectivity index (χ3n) is 6.42. The number of rotatable bonds is 4. The van der Waals surface area contributed by atoms with Gasteiger partial charge in [0.1, 0.15) is 0 Å². The van der Waals surface area contributed by atoms with E-state index in [0.717, 1.165) is 57.3 Å². The van der Waals surface area contributed by atoms with E-state index in [1.165, 1.54) is 0 Å². The number of carbonyl (C=O) groups excluding carboxylic acids is 2. The van der Waals surface area contributed by atoms with E-state index in [1.807, 2.05) is 30.1 Å². The summed E-state index contributed by atoms with van der Waals surface area (Å²) in [5.74, 6) is 0.482. The van der Waals surface area contributed by atoms with Gasteiger partial charge in [0.05, 0.1) is 12.5 Å². The number of nitrogens with zero attached hydrogens (tertiary/aromatic N) is 2. The van der Waals surface area contributed by atoms with Crippen LogP contribution >= 0.6 is 12.4 Å². The Morgan fingerprint density at radius 3 is 2.44 bits per heavy atom. The molecule has 2 amide bonds. The van der Waals surface area contributed by atoms with Crippen molar-refractivity contribution in [2.24, 2.45) is 5.41 Å². The van der Waals surface area contributed by atoms with E-state index in [-0.39, 0.29) is 29.6 Å². The molecule has 1 saturated carbocycles. The molecule has 0 aromatic heterocycles. The van der Waals surface area contributed by atoms with Crippen LogP contribution in [-0.4, -0.2) is 60.9 Å². The maximum atomic E-state index is 13.1. The van der Waals surface area contributed by atoms with Crippen LogP contribution in [0.3, 0.4) is 0 Å². The first-order chi connectivity index (χ1) is 12.6. The Morgan fingerprint density at radius 1 is 1.19 bits per heavy atom. The van der Waals surface area contributed by atoms with Crippen LogP contribution in [0.25, 0.3) is 0 Å². The van der Waals surface area contributed by atoms with E-state index in [2.05, 4.69) is 22.3 Å². The number of likely N-dealkylation sites (tertiary alicyclic amines) is 2. The first kappa shape index (κ1) is 20.2. The van der Waals surface area contributed by atoms with Crippen LogP contribution in [0.15, 0.2) is 30.3 Å². The highest BCUT2D eigenvalue weighted by Crippen LogP contribution is 2.48. The molecule has 2 aliphatic heterocycles. The van der Waals surface area contributed by atoms with Gasteiger partial charge in [-0.15, -0.1) is 12.4 Å². The molecule has 3 fully saturated rings. The lowest BCUT2D eigenvalue weighted by Gasteiger charge is -2.50. The molecule has 1 spiro atoms. The zero-order valence-electron chi connectivity index (χ0n) is 16.0. The number of hydrogen-bond acceptors (Lipinski definition) is 3. The molecule has 0 bridgehead atoms. The largest absolute Gasteiger partial charge is 0.342 e. The fourth-order valence-electron chi connectivity index (χ4n) is 4.72. The van der Waals surface area contributed by atoms with Gasteiger partial charge in [-0.25, -0.2) is 0 Å². The number of carbonyl (C=O) groups is 2. The van der Waals surface area contributed by atoms with Gasteiger partial charge in [-0.2, -0.15) is 0 Å². The Kier molecular flexibility index (Phi) is 6.11. The first-order valence-corrected chi connectivity index (χ1v) is 9.90. The molecule has 2 heterocycles. The van der Waals surface area contributed by atoms with Crippen molar-refractivity contribution >= 4 is 24.2 Å². The normalized spacial score (nSPS) is 24.6. The van der Waals surface area contributed by atoms with Crippen LogP contribution in [0.1, 0.15) is 43.6 Å². The van der Waals surface area contributed by atoms with Crippen molar-refractivity contribution in [1.29, 1.82) is 0 Å². The van der Waals surface area contributed by atoms with Crippen LogP contribution in [0.2, 0.25) is 0 Å². The highest BCUT2D eigenvalue weighted by atomic mass is 35.5. The maximum Gasteiger partial charge on any atom is 0.236 e. The highest BCUT2D eigenvalue weighted by Gasteiger charge is 2.49. The Balaban J connectivity index is 0.00000210. The summed E-state index contributed by atoms with van der Waals surface area (Å²) >= 11 is 0. The van der Waals surface area contributed by atoms with E-state index in [1.54, 1.807) is 0 Å². The summed E-state index contributed by atoms with van der Waals surface area (Å²) in [6.45, 7) is 2.92. The summed E-state index contributed by atoms with van der Waals surface area (Å²) in [5.41, 5.74) is 1.31. The Hall–Kier alpha value is -1.59. The van der Waals surface area contributed by atoms with E-state index in [4.69, 9.17) is 0 Å². The molecule has 1 atom stereocenters. The van der Waals surface area contributed by atoms with Gasteiger partial charge in [-0.3, -0.25) is 9.59 Å². The Morgan fingerprint density at radius 2 is 1.85 bits per heavy atom. The van der Waals surface area contributed by atoms with Crippen molar-refractivity contribution in [2.45, 2.75) is 44.1 Å². The molecule has 3 aliphatic rings. The topological polar surface area (TPSA) is 52.7 Å². The SMILES string of the molecule is CNCC(=O)N1CCC2(CC1)CC(c1ccccc1)C(=O)N(C1CC1)C2.Cl. The molecule has 1 N–H and O–H groups in total. The Labute approximate surface area is 167 Å². The summed E-state index contributed by atoms with van der Waals surface area (Å²) in [7, 11) is 1.81. The van der Waals surface area contributed by atoms with Crippen molar-refractivity contribution in [1.82, 2.24) is 15.1 Å². The van der Waals surface area contributed by atoms with Crippen LogP contribution in [0.5, 0.6) is 0 Å². The summed E-state index contributed by atoms with van der Waals surface area (Å²) in [5, 5.41) is 2.96. The lowest BCUT2D eigenvalue weighted by atomic mass is 9.67. The molecule has 27 heavy (non-hydrogen) atoms. The fraction of sp³-hybridized carbons (Fsp3) is 0.619. The van der Waals surface area contributed by atoms with Gasteiger partial charge >= 0.3 is 0 Å². The average Bonchev–Trinajstić information content (AvgIpc) is 3.50. The molecule has 2 saturated heterocycles. The standard InChI is InChI=1S/C21H29N3O2.ClH/c1-22-14-19(25)23-11-9-21(10-12-23)13-18(16-5-3-2-4-6-16)20(26)24(15-21)17-7-8-17;/h2-6,17-18,22H,7-15H2,1H3;1H. The summed E-state index contributed by atoms with van der Waals surface area (Å²) in [6, 6.07) is 10.7. The third-order valence-corrected chi connectivity index (χ3v) is 6.42. The van der Waals surface area contributed by atoms with Gasteiger partial charge in [0.15, 0.2) is 0 Å². The minimum absolute atomic E-state index is 0. The van der Waals surface area contributed by atoms with Crippen molar-refractivity contribution in [2.75, 3.05) is 33.2 Å². The van der Waals surface area contributed by atoms with Crippen LogP contribution in [-0.2, 0) is 9.59 Å². The number of likely N-dealkylation sites (N-methyl/N-ethyl adjacent to an activating group) is 1. The molecule has 6 heteroatoms. The molecule has 1 aromatic rings. The third kappa shape index (κ3) is 4.14. The molecule has 1 unspecified atom stereocenters. The van der Waals surface area contributed by atoms with E-state index in [9.17, 15) is 9.59 Å². The van der Waals surface area contributed by atoms with Gasteiger partial charge in [0.25, 0.3) is 0 Å². The molecule has 1 aliphatic carbocycles. The molecule has 1 aromatic carbocycles. The van der Waals surface area contributed by atoms with Crippen LogP contribution in [0.4, 0.5) is 0 Å². The monoisotopic (exact) mass is 391 g/mol. The number of halogens is 1. The van der Waals surface area contributed by atoms with E-state index < -0.39 is 0 Å². The van der Waals surface area contributed by atoms with Crippen LogP contribution < -0.4 is 5.32 Å². The van der Waals surface area contributed by atoms with Gasteiger partial charge in [0, 0.05) is 25.7 Å². The zero-order chi connectivity index (χ0) is 18.1. The highest BCUT2D eigenvalue weighted by molar-refractivity contribution is 5.86. The van der Waals surface area contributed by atoms with Gasteiger partial charge in [-0.1, -0.05) is 30.3 Å². The lowest BCUT2D eigenvalue weighted by Crippen LogP contribution is -2.55. The fourth-order valence-corrected chi connectivity index (χ4v) is 4.72. The second-order valence-electron chi connectivity index (χ2n) is 8.28. The number of benzene rings is 1. The first-order valence-electron chi connectivity index (χ1n) is 9.90. The zero-order valence-corrected chi connectivity index (χ0v) is 16.8. The van der Waals surface area contributed by atoms with Crippen molar-refractivity contribution in [3.63, 3.8) is 0 Å².